The van der Waals surface area contributed by atoms with Crippen molar-refractivity contribution < 1.29 is 9.53 Å². The molecule has 2 aliphatic rings. The van der Waals surface area contributed by atoms with E-state index >= 15 is 0 Å². The van der Waals surface area contributed by atoms with Gasteiger partial charge in [-0.2, -0.15) is 0 Å². The van der Waals surface area contributed by atoms with Gasteiger partial charge in [-0.15, -0.1) is 0 Å². The number of benzene rings is 1. The molecule has 8 heteroatoms. The number of amides is 1. The minimum atomic E-state index is -0.500. The Bertz CT molecular complexity index is 1300. The van der Waals surface area contributed by atoms with Gasteiger partial charge in [0.2, 0.25) is 0 Å². The molecule has 0 saturated carbocycles. The maximum absolute atomic E-state index is 12.7. The first-order valence-corrected chi connectivity index (χ1v) is 13.1. The first kappa shape index (κ1) is 24.7. The molecular formula is C28H32BrN5O2. The first-order chi connectivity index (χ1) is 17.2. The summed E-state index contributed by atoms with van der Waals surface area (Å²) in [6.07, 6.45) is 7.77. The summed E-state index contributed by atoms with van der Waals surface area (Å²) in [5, 5.41) is 0. The molecular weight excluding hydrogens is 518 g/mol. The van der Waals surface area contributed by atoms with E-state index in [2.05, 4.69) is 66.8 Å². The molecule has 188 valence electrons. The van der Waals surface area contributed by atoms with Crippen molar-refractivity contribution in [2.24, 2.45) is 0 Å². The van der Waals surface area contributed by atoms with Gasteiger partial charge in [0.15, 0.2) is 0 Å². The Morgan fingerprint density at radius 2 is 1.89 bits per heavy atom. The van der Waals surface area contributed by atoms with Crippen LogP contribution in [0.4, 0.5) is 4.79 Å². The Kier molecular flexibility index (Phi) is 6.74. The second kappa shape index (κ2) is 9.82. The highest BCUT2D eigenvalue weighted by Gasteiger charge is 2.34. The Morgan fingerprint density at radius 3 is 2.58 bits per heavy atom. The van der Waals surface area contributed by atoms with Crippen molar-refractivity contribution in [1.82, 2.24) is 24.3 Å². The average Bonchev–Trinajstić information content (AvgIpc) is 3.18. The first-order valence-electron chi connectivity index (χ1n) is 12.3. The van der Waals surface area contributed by atoms with Crippen LogP contribution in [0.3, 0.4) is 0 Å². The standard InChI is InChI=1S/C28H32BrN5O2/c1-19-30-9-10-34(19)18-21-15-20-16-22(29)17-31-25(20)26(24-8-6-5-7-23(21)24)32-11-13-33(14-12-32)27(35)36-28(2,3)4/h5-10,15-17,26H,11-14,18H2,1-4H3. The van der Waals surface area contributed by atoms with E-state index in [0.29, 0.717) is 13.1 Å². The van der Waals surface area contributed by atoms with Crippen molar-refractivity contribution in [3.05, 3.63) is 81.6 Å². The van der Waals surface area contributed by atoms with E-state index in [0.717, 1.165) is 41.2 Å². The normalized spacial score (nSPS) is 18.2. The number of carbonyl (C=O) groups is 1. The zero-order chi connectivity index (χ0) is 25.4. The number of rotatable bonds is 3. The van der Waals surface area contributed by atoms with Gasteiger partial charge in [0, 0.05) is 55.8 Å². The lowest BCUT2D eigenvalue weighted by atomic mass is 9.93. The molecule has 0 spiro atoms. The molecule has 1 fully saturated rings. The molecule has 3 heterocycles. The quantitative estimate of drug-likeness (QED) is 0.428. The number of hydrogen-bond donors (Lipinski definition) is 0. The van der Waals surface area contributed by atoms with Gasteiger partial charge in [0.1, 0.15) is 11.4 Å². The van der Waals surface area contributed by atoms with Gasteiger partial charge in [-0.1, -0.05) is 24.3 Å². The number of imidazole rings is 1. The van der Waals surface area contributed by atoms with Crippen molar-refractivity contribution in [1.29, 1.82) is 0 Å². The van der Waals surface area contributed by atoms with Gasteiger partial charge >= 0.3 is 6.09 Å². The number of allylic oxidation sites excluding steroid dienone is 1. The zero-order valence-electron chi connectivity index (χ0n) is 21.2. The number of fused-ring (bicyclic) bond motifs is 2. The molecule has 1 aliphatic carbocycles. The van der Waals surface area contributed by atoms with Crippen LogP contribution in [0.15, 0.2) is 53.4 Å². The van der Waals surface area contributed by atoms with Crippen molar-refractivity contribution in [2.45, 2.75) is 45.9 Å². The number of pyridine rings is 1. The van der Waals surface area contributed by atoms with Crippen LogP contribution in [0.25, 0.3) is 11.6 Å². The fraction of sp³-hybridized carbons (Fsp3) is 0.393. The molecule has 1 saturated heterocycles. The van der Waals surface area contributed by atoms with Gasteiger partial charge in [-0.25, -0.2) is 9.78 Å². The molecule has 3 aromatic rings. The highest BCUT2D eigenvalue weighted by molar-refractivity contribution is 9.10. The molecule has 0 radical (unpaired) electrons. The van der Waals surface area contributed by atoms with E-state index in [1.54, 1.807) is 0 Å². The van der Waals surface area contributed by atoms with Crippen LogP contribution in [0.5, 0.6) is 0 Å². The zero-order valence-corrected chi connectivity index (χ0v) is 22.8. The van der Waals surface area contributed by atoms with Crippen LogP contribution in [-0.2, 0) is 11.3 Å². The summed E-state index contributed by atoms with van der Waals surface area (Å²) in [6.45, 7) is 11.2. The van der Waals surface area contributed by atoms with E-state index in [1.165, 1.54) is 16.7 Å². The molecule has 7 nitrogen and oxygen atoms in total. The number of halogens is 1. The van der Waals surface area contributed by atoms with E-state index in [-0.39, 0.29) is 12.1 Å². The third-order valence-corrected chi connectivity index (χ3v) is 7.14. The molecule has 5 rings (SSSR count). The summed E-state index contributed by atoms with van der Waals surface area (Å²) in [4.78, 5) is 26.3. The Balaban J connectivity index is 1.50. The van der Waals surface area contributed by atoms with Crippen molar-refractivity contribution in [3.8, 4) is 0 Å². The second-order valence-corrected chi connectivity index (χ2v) is 11.3. The SMILES string of the molecule is Cc1nccn1CC1=Cc2cc(Br)cnc2C(N2CCN(C(=O)OC(C)(C)C)CC2)c2ccccc21. The Morgan fingerprint density at radius 1 is 1.14 bits per heavy atom. The van der Waals surface area contributed by atoms with Crippen LogP contribution in [-0.4, -0.2) is 62.2 Å². The van der Waals surface area contributed by atoms with Gasteiger partial charge in [-0.3, -0.25) is 9.88 Å². The summed E-state index contributed by atoms with van der Waals surface area (Å²) < 4.78 is 8.74. The number of ether oxygens (including phenoxy) is 1. The monoisotopic (exact) mass is 549 g/mol. The molecule has 0 bridgehead atoms. The predicted octanol–water partition coefficient (Wildman–Crippen LogP) is 5.55. The summed E-state index contributed by atoms with van der Waals surface area (Å²) in [5.41, 5.74) is 5.32. The van der Waals surface area contributed by atoms with Crippen LogP contribution in [0.1, 0.15) is 55.0 Å². The number of aryl methyl sites for hydroxylation is 1. The van der Waals surface area contributed by atoms with Gasteiger partial charge in [0.05, 0.1) is 11.7 Å². The van der Waals surface area contributed by atoms with Crippen molar-refractivity contribution in [3.63, 3.8) is 0 Å². The van der Waals surface area contributed by atoms with Crippen LogP contribution < -0.4 is 0 Å². The smallest absolute Gasteiger partial charge is 0.410 e. The van der Waals surface area contributed by atoms with Crippen molar-refractivity contribution in [2.75, 3.05) is 26.2 Å². The predicted molar refractivity (Wildman–Crippen MR) is 144 cm³/mol. The highest BCUT2D eigenvalue weighted by Crippen LogP contribution is 2.40. The van der Waals surface area contributed by atoms with E-state index in [1.807, 2.05) is 51.2 Å². The minimum absolute atomic E-state index is 0.0114. The summed E-state index contributed by atoms with van der Waals surface area (Å²) >= 11 is 3.63. The van der Waals surface area contributed by atoms with Crippen LogP contribution in [0, 0.1) is 6.92 Å². The highest BCUT2D eigenvalue weighted by atomic mass is 79.9. The van der Waals surface area contributed by atoms with Gasteiger partial charge < -0.3 is 14.2 Å². The largest absolute Gasteiger partial charge is 0.444 e. The maximum Gasteiger partial charge on any atom is 0.410 e. The Hall–Kier alpha value is -2.97. The summed E-state index contributed by atoms with van der Waals surface area (Å²) in [6, 6.07) is 10.8. The van der Waals surface area contributed by atoms with Gasteiger partial charge in [0.25, 0.3) is 0 Å². The molecule has 1 aromatic carbocycles. The number of carbonyl (C=O) groups excluding carboxylic acids is 1. The lowest BCUT2D eigenvalue weighted by Gasteiger charge is -2.40. The second-order valence-electron chi connectivity index (χ2n) is 10.4. The summed E-state index contributed by atoms with van der Waals surface area (Å²) in [5.74, 6) is 0.986. The molecule has 1 unspecified atom stereocenters. The molecule has 1 atom stereocenters. The van der Waals surface area contributed by atoms with E-state index in [4.69, 9.17) is 9.72 Å². The number of aromatic nitrogens is 3. The lowest BCUT2D eigenvalue weighted by Crippen LogP contribution is -2.51. The fourth-order valence-corrected chi connectivity index (χ4v) is 5.34. The lowest BCUT2D eigenvalue weighted by molar-refractivity contribution is 0.0118. The third-order valence-electron chi connectivity index (χ3n) is 6.70. The fourth-order valence-electron chi connectivity index (χ4n) is 4.99. The van der Waals surface area contributed by atoms with E-state index in [9.17, 15) is 4.79 Å². The van der Waals surface area contributed by atoms with Crippen LogP contribution >= 0.6 is 15.9 Å². The molecule has 2 aromatic heterocycles. The van der Waals surface area contributed by atoms with Gasteiger partial charge in [-0.05, 0) is 78.0 Å². The number of piperazine rings is 1. The topological polar surface area (TPSA) is 63.5 Å². The molecule has 0 N–H and O–H groups in total. The average molecular weight is 551 g/mol. The molecule has 1 amide bonds. The minimum Gasteiger partial charge on any atom is -0.444 e. The summed E-state index contributed by atoms with van der Waals surface area (Å²) in [7, 11) is 0. The third kappa shape index (κ3) is 5.11. The molecule has 36 heavy (non-hydrogen) atoms. The maximum atomic E-state index is 12.7. The number of hydrogen-bond acceptors (Lipinski definition) is 5. The molecule has 1 aliphatic heterocycles. The van der Waals surface area contributed by atoms with E-state index < -0.39 is 5.60 Å². The van der Waals surface area contributed by atoms with Crippen molar-refractivity contribution >= 4 is 33.7 Å². The Labute approximate surface area is 220 Å². The van der Waals surface area contributed by atoms with Crippen LogP contribution in [0.2, 0.25) is 0 Å². The number of nitrogens with zero attached hydrogens (tertiary/aromatic N) is 5.